The van der Waals surface area contributed by atoms with Gasteiger partial charge in [0.15, 0.2) is 0 Å². The van der Waals surface area contributed by atoms with E-state index in [1.807, 2.05) is 18.5 Å². The average molecular weight is 414 g/mol. The van der Waals surface area contributed by atoms with Crippen LogP contribution < -0.4 is 0 Å². The van der Waals surface area contributed by atoms with Crippen LogP contribution in [0.5, 0.6) is 0 Å². The summed E-state index contributed by atoms with van der Waals surface area (Å²) in [6, 6.07) is 2.62. The SMILES string of the molecule is CB1CC(n2ncc(-c3ccnc(C(C)C#CCC4CCCCC4)n3)c2CC2CC2)C1. The third-order valence-corrected chi connectivity index (χ3v) is 7.54. The van der Waals surface area contributed by atoms with E-state index < -0.39 is 0 Å². The van der Waals surface area contributed by atoms with Crippen molar-refractivity contribution in [1.82, 2.24) is 19.7 Å². The fraction of sp³-hybridized carbons (Fsp3) is 0.654. The van der Waals surface area contributed by atoms with Crippen molar-refractivity contribution in [2.24, 2.45) is 11.8 Å². The minimum Gasteiger partial charge on any atom is -0.267 e. The van der Waals surface area contributed by atoms with Gasteiger partial charge in [-0.2, -0.15) is 5.10 Å². The minimum atomic E-state index is 0.0675. The van der Waals surface area contributed by atoms with Crippen LogP contribution in [0.15, 0.2) is 18.5 Å². The lowest BCUT2D eigenvalue weighted by Crippen LogP contribution is -2.32. The maximum absolute atomic E-state index is 4.96. The molecule has 0 amide bonds. The molecule has 31 heavy (non-hydrogen) atoms. The monoisotopic (exact) mass is 414 g/mol. The molecule has 2 aliphatic carbocycles. The molecule has 2 aromatic rings. The summed E-state index contributed by atoms with van der Waals surface area (Å²) < 4.78 is 2.32. The van der Waals surface area contributed by atoms with Crippen molar-refractivity contribution >= 4 is 6.71 Å². The summed E-state index contributed by atoms with van der Waals surface area (Å²) >= 11 is 0. The first-order chi connectivity index (χ1) is 15.2. The Bertz CT molecular complexity index is 955. The Balaban J connectivity index is 1.34. The third kappa shape index (κ3) is 4.89. The number of rotatable bonds is 6. The van der Waals surface area contributed by atoms with Gasteiger partial charge in [0.25, 0.3) is 0 Å². The first-order valence-corrected chi connectivity index (χ1v) is 12.6. The molecule has 0 radical (unpaired) electrons. The Morgan fingerprint density at radius 3 is 2.68 bits per heavy atom. The first-order valence-electron chi connectivity index (χ1n) is 12.6. The zero-order valence-corrected chi connectivity index (χ0v) is 19.2. The molecule has 2 saturated carbocycles. The van der Waals surface area contributed by atoms with E-state index >= 15 is 0 Å². The Morgan fingerprint density at radius 2 is 1.94 bits per heavy atom. The van der Waals surface area contributed by atoms with E-state index in [0.29, 0.717) is 6.04 Å². The second-order valence-electron chi connectivity index (χ2n) is 10.4. The zero-order chi connectivity index (χ0) is 21.2. The number of aromatic nitrogens is 4. The molecule has 5 rings (SSSR count). The standard InChI is InChI=1S/C26H35BN4/c1-19(7-6-10-20-8-4-3-5-9-20)26-28-14-13-24(30-26)23-18-29-31(22-16-27(2)17-22)25(23)15-21-11-12-21/h13-14,18-22H,3-5,8-12,15-17H2,1-2H3. The van der Waals surface area contributed by atoms with Gasteiger partial charge >= 0.3 is 0 Å². The van der Waals surface area contributed by atoms with Crippen LogP contribution in [0.4, 0.5) is 0 Å². The van der Waals surface area contributed by atoms with Crippen LogP contribution in [0.3, 0.4) is 0 Å². The van der Waals surface area contributed by atoms with Crippen molar-refractivity contribution in [3.05, 3.63) is 30.0 Å². The molecule has 0 aromatic carbocycles. The molecule has 4 nitrogen and oxygen atoms in total. The van der Waals surface area contributed by atoms with Crippen LogP contribution in [0.2, 0.25) is 19.5 Å². The smallest absolute Gasteiger partial charge is 0.143 e. The van der Waals surface area contributed by atoms with Crippen LogP contribution in [-0.4, -0.2) is 26.5 Å². The van der Waals surface area contributed by atoms with Crippen molar-refractivity contribution in [3.8, 4) is 23.1 Å². The van der Waals surface area contributed by atoms with E-state index in [2.05, 4.69) is 35.3 Å². The lowest BCUT2D eigenvalue weighted by Gasteiger charge is -2.32. The van der Waals surface area contributed by atoms with Crippen LogP contribution in [0, 0.1) is 23.7 Å². The number of hydrogen-bond donors (Lipinski definition) is 0. The van der Waals surface area contributed by atoms with Gasteiger partial charge < -0.3 is 0 Å². The van der Waals surface area contributed by atoms with E-state index in [1.54, 1.807) is 0 Å². The second-order valence-corrected chi connectivity index (χ2v) is 10.4. The molecule has 0 N–H and O–H groups in total. The van der Waals surface area contributed by atoms with Crippen molar-refractivity contribution < 1.29 is 0 Å². The molecule has 3 heterocycles. The van der Waals surface area contributed by atoms with E-state index in [4.69, 9.17) is 10.1 Å². The van der Waals surface area contributed by atoms with Crippen molar-refractivity contribution in [1.29, 1.82) is 0 Å². The highest BCUT2D eigenvalue weighted by Gasteiger charge is 2.34. The van der Waals surface area contributed by atoms with Gasteiger partial charge in [-0.3, -0.25) is 4.68 Å². The summed E-state index contributed by atoms with van der Waals surface area (Å²) in [7, 11) is 0. The van der Waals surface area contributed by atoms with Crippen LogP contribution in [-0.2, 0) is 6.42 Å². The van der Waals surface area contributed by atoms with Crippen LogP contribution >= 0.6 is 0 Å². The van der Waals surface area contributed by atoms with Gasteiger partial charge in [-0.05, 0) is 56.9 Å². The highest BCUT2D eigenvalue weighted by atomic mass is 15.3. The highest BCUT2D eigenvalue weighted by Crippen LogP contribution is 2.40. The number of hydrogen-bond acceptors (Lipinski definition) is 3. The maximum Gasteiger partial charge on any atom is 0.143 e. The molecule has 0 spiro atoms. The molecular formula is C26H35BN4. The Kier molecular flexibility index (Phi) is 6.16. The quantitative estimate of drug-likeness (QED) is 0.427. The molecule has 1 aliphatic heterocycles. The fourth-order valence-electron chi connectivity index (χ4n) is 5.32. The normalized spacial score (nSPS) is 20.8. The van der Waals surface area contributed by atoms with Gasteiger partial charge in [0.2, 0.25) is 0 Å². The van der Waals surface area contributed by atoms with E-state index in [-0.39, 0.29) is 5.92 Å². The predicted molar refractivity (Wildman–Crippen MR) is 127 cm³/mol. The summed E-state index contributed by atoms with van der Waals surface area (Å²) in [6.07, 6.45) is 18.2. The zero-order valence-electron chi connectivity index (χ0n) is 19.2. The minimum absolute atomic E-state index is 0.0675. The van der Waals surface area contributed by atoms with Gasteiger partial charge in [-0.25, -0.2) is 9.97 Å². The lowest BCUT2D eigenvalue weighted by molar-refractivity contribution is 0.365. The van der Waals surface area contributed by atoms with Gasteiger partial charge in [-0.1, -0.05) is 44.6 Å². The summed E-state index contributed by atoms with van der Waals surface area (Å²) in [5, 5.41) is 4.83. The second kappa shape index (κ2) is 9.19. The Morgan fingerprint density at radius 1 is 1.13 bits per heavy atom. The average Bonchev–Trinajstić information content (AvgIpc) is 3.50. The van der Waals surface area contributed by atoms with E-state index in [1.165, 1.54) is 68.8 Å². The predicted octanol–water partition coefficient (Wildman–Crippen LogP) is 6.05. The molecule has 1 atom stereocenters. The van der Waals surface area contributed by atoms with Crippen molar-refractivity contribution in [2.45, 2.75) is 96.1 Å². The van der Waals surface area contributed by atoms with Crippen molar-refractivity contribution in [3.63, 3.8) is 0 Å². The first kappa shape index (κ1) is 20.8. The molecule has 5 heteroatoms. The van der Waals surface area contributed by atoms with Gasteiger partial charge in [0, 0.05) is 29.9 Å². The molecule has 2 aromatic heterocycles. The largest absolute Gasteiger partial charge is 0.267 e. The summed E-state index contributed by atoms with van der Waals surface area (Å²) in [4.78, 5) is 9.53. The Labute approximate surface area is 187 Å². The molecule has 1 saturated heterocycles. The fourth-order valence-corrected chi connectivity index (χ4v) is 5.32. The Hall–Kier alpha value is -2.09. The van der Waals surface area contributed by atoms with E-state index in [0.717, 1.165) is 42.9 Å². The van der Waals surface area contributed by atoms with Crippen LogP contribution in [0.25, 0.3) is 11.3 Å². The van der Waals surface area contributed by atoms with Crippen LogP contribution in [0.1, 0.15) is 81.8 Å². The summed E-state index contributed by atoms with van der Waals surface area (Å²) in [6.45, 7) is 5.30. The van der Waals surface area contributed by atoms with Gasteiger partial charge in [0.1, 0.15) is 12.5 Å². The van der Waals surface area contributed by atoms with E-state index in [9.17, 15) is 0 Å². The molecule has 0 bridgehead atoms. The topological polar surface area (TPSA) is 43.6 Å². The molecule has 3 aliphatic rings. The third-order valence-electron chi connectivity index (χ3n) is 7.54. The van der Waals surface area contributed by atoms with Crippen molar-refractivity contribution in [2.75, 3.05) is 0 Å². The summed E-state index contributed by atoms with van der Waals surface area (Å²) in [5.41, 5.74) is 3.61. The number of nitrogens with zero attached hydrogens (tertiary/aromatic N) is 4. The highest BCUT2D eigenvalue weighted by molar-refractivity contribution is 6.60. The molecular weight excluding hydrogens is 379 g/mol. The van der Waals surface area contributed by atoms with Gasteiger partial charge in [-0.15, -0.1) is 5.92 Å². The maximum atomic E-state index is 4.96. The lowest BCUT2D eigenvalue weighted by atomic mass is 9.35. The molecule has 1 unspecified atom stereocenters. The summed E-state index contributed by atoms with van der Waals surface area (Å²) in [5.74, 6) is 9.42. The molecule has 3 fully saturated rings. The van der Waals surface area contributed by atoms with Gasteiger partial charge in [0.05, 0.1) is 17.8 Å². The molecule has 162 valence electrons.